The number of hydrogen-bond donors (Lipinski definition) is 0. The summed E-state index contributed by atoms with van der Waals surface area (Å²) < 4.78 is 5.26. The Morgan fingerprint density at radius 2 is 1.67 bits per heavy atom. The summed E-state index contributed by atoms with van der Waals surface area (Å²) in [4.78, 5) is 11.7. The number of esters is 1. The Kier molecular flexibility index (Phi) is 7.65. The molecule has 0 heterocycles. The second-order valence-electron chi connectivity index (χ2n) is 5.81. The van der Waals surface area contributed by atoms with Gasteiger partial charge in [0.05, 0.1) is 0 Å². The van der Waals surface area contributed by atoms with Crippen molar-refractivity contribution in [1.82, 2.24) is 0 Å². The molecule has 0 spiro atoms. The molecular formula is C16H28O2. The van der Waals surface area contributed by atoms with Gasteiger partial charge in [-0.1, -0.05) is 38.5 Å². The molecule has 0 rings (SSSR count). The Hall–Kier alpha value is -1.05. The van der Waals surface area contributed by atoms with Gasteiger partial charge in [-0.05, 0) is 46.5 Å². The van der Waals surface area contributed by atoms with Crippen molar-refractivity contribution in [2.45, 2.75) is 71.8 Å². The minimum Gasteiger partial charge on any atom is -0.457 e. The average Bonchev–Trinajstić information content (AvgIpc) is 2.23. The molecule has 0 aliphatic carbocycles. The molecule has 18 heavy (non-hydrogen) atoms. The monoisotopic (exact) mass is 252 g/mol. The summed E-state index contributed by atoms with van der Waals surface area (Å²) in [5, 5.41) is 0. The molecule has 0 fully saturated rings. The van der Waals surface area contributed by atoms with Crippen molar-refractivity contribution < 1.29 is 9.53 Å². The number of hydrogen-bond acceptors (Lipinski definition) is 2. The van der Waals surface area contributed by atoms with E-state index in [0.29, 0.717) is 12.0 Å². The van der Waals surface area contributed by atoms with Gasteiger partial charge < -0.3 is 4.74 Å². The van der Waals surface area contributed by atoms with Crippen molar-refractivity contribution in [3.63, 3.8) is 0 Å². The first-order valence-electron chi connectivity index (χ1n) is 6.84. The van der Waals surface area contributed by atoms with Crippen molar-refractivity contribution in [3.8, 4) is 0 Å². The van der Waals surface area contributed by atoms with Crippen LogP contribution in [0, 0.1) is 0 Å². The molecule has 0 saturated carbocycles. The highest BCUT2D eigenvalue weighted by atomic mass is 16.6. The third-order valence-electron chi connectivity index (χ3n) is 2.60. The SMILES string of the molecule is C=C(CCCCC)CCC(=C)C(=O)OC(C)(C)C. The third-order valence-corrected chi connectivity index (χ3v) is 2.60. The summed E-state index contributed by atoms with van der Waals surface area (Å²) in [7, 11) is 0. The van der Waals surface area contributed by atoms with Gasteiger partial charge in [0.15, 0.2) is 0 Å². The lowest BCUT2D eigenvalue weighted by atomic mass is 10.0. The normalized spacial score (nSPS) is 11.1. The van der Waals surface area contributed by atoms with Crippen molar-refractivity contribution in [1.29, 1.82) is 0 Å². The number of carbonyl (C=O) groups excluding carboxylic acids is 1. The van der Waals surface area contributed by atoms with Crippen LogP contribution in [0.4, 0.5) is 0 Å². The number of rotatable bonds is 8. The van der Waals surface area contributed by atoms with E-state index in [2.05, 4.69) is 20.1 Å². The van der Waals surface area contributed by atoms with E-state index in [-0.39, 0.29) is 5.97 Å². The highest BCUT2D eigenvalue weighted by Gasteiger charge is 2.18. The predicted molar refractivity (Wildman–Crippen MR) is 77.5 cm³/mol. The van der Waals surface area contributed by atoms with E-state index in [1.54, 1.807) is 0 Å². The molecule has 0 aromatic carbocycles. The highest BCUT2D eigenvalue weighted by Crippen LogP contribution is 2.18. The molecule has 0 radical (unpaired) electrons. The Morgan fingerprint density at radius 1 is 1.06 bits per heavy atom. The first kappa shape index (κ1) is 16.9. The fourth-order valence-electron chi connectivity index (χ4n) is 1.53. The van der Waals surface area contributed by atoms with E-state index in [1.807, 2.05) is 20.8 Å². The lowest BCUT2D eigenvalue weighted by molar-refractivity contribution is -0.150. The van der Waals surface area contributed by atoms with Crippen LogP contribution in [0.15, 0.2) is 24.3 Å². The van der Waals surface area contributed by atoms with E-state index >= 15 is 0 Å². The zero-order chi connectivity index (χ0) is 14.2. The molecule has 0 aromatic heterocycles. The molecule has 0 bridgehead atoms. The number of unbranched alkanes of at least 4 members (excludes halogenated alkanes) is 2. The Bertz CT molecular complexity index is 295. The summed E-state index contributed by atoms with van der Waals surface area (Å²) >= 11 is 0. The standard InChI is InChI=1S/C16H28O2/c1-7-8-9-10-13(2)11-12-14(3)15(17)18-16(4,5)6/h2-3,7-12H2,1,4-6H3. The van der Waals surface area contributed by atoms with Crippen LogP contribution < -0.4 is 0 Å². The van der Waals surface area contributed by atoms with Crippen molar-refractivity contribution >= 4 is 5.97 Å². The Balaban J connectivity index is 3.89. The van der Waals surface area contributed by atoms with Crippen molar-refractivity contribution in [2.24, 2.45) is 0 Å². The van der Waals surface area contributed by atoms with E-state index in [1.165, 1.54) is 24.8 Å². The smallest absolute Gasteiger partial charge is 0.333 e. The first-order valence-corrected chi connectivity index (χ1v) is 6.84. The summed E-state index contributed by atoms with van der Waals surface area (Å²) in [6.07, 6.45) is 6.19. The van der Waals surface area contributed by atoms with Crippen LogP contribution in [-0.2, 0) is 9.53 Å². The second kappa shape index (κ2) is 8.12. The molecule has 2 heteroatoms. The molecule has 0 aromatic rings. The Labute approximate surface area is 112 Å². The largest absolute Gasteiger partial charge is 0.457 e. The number of carbonyl (C=O) groups is 1. The fraction of sp³-hybridized carbons (Fsp3) is 0.688. The van der Waals surface area contributed by atoms with Crippen LogP contribution in [0.2, 0.25) is 0 Å². The second-order valence-corrected chi connectivity index (χ2v) is 5.81. The average molecular weight is 252 g/mol. The zero-order valence-electron chi connectivity index (χ0n) is 12.5. The molecule has 0 atom stereocenters. The third kappa shape index (κ3) is 9.03. The van der Waals surface area contributed by atoms with Gasteiger partial charge in [-0.15, -0.1) is 0 Å². The maximum Gasteiger partial charge on any atom is 0.333 e. The first-order chi connectivity index (χ1) is 8.26. The number of ether oxygens (including phenoxy) is 1. The van der Waals surface area contributed by atoms with Crippen LogP contribution in [-0.4, -0.2) is 11.6 Å². The fourth-order valence-corrected chi connectivity index (χ4v) is 1.53. The van der Waals surface area contributed by atoms with Crippen LogP contribution in [0.25, 0.3) is 0 Å². The molecule has 0 unspecified atom stereocenters. The maximum absolute atomic E-state index is 11.7. The van der Waals surface area contributed by atoms with Gasteiger partial charge in [0.1, 0.15) is 5.60 Å². The van der Waals surface area contributed by atoms with E-state index in [0.717, 1.165) is 12.8 Å². The minimum absolute atomic E-state index is 0.288. The predicted octanol–water partition coefficient (Wildman–Crippen LogP) is 4.80. The summed E-state index contributed by atoms with van der Waals surface area (Å²) in [5.74, 6) is -0.288. The van der Waals surface area contributed by atoms with Gasteiger partial charge in [-0.3, -0.25) is 0 Å². The van der Waals surface area contributed by atoms with Gasteiger partial charge in [0, 0.05) is 5.57 Å². The summed E-state index contributed by atoms with van der Waals surface area (Å²) in [5.41, 5.74) is 1.30. The summed E-state index contributed by atoms with van der Waals surface area (Å²) in [6.45, 7) is 15.6. The van der Waals surface area contributed by atoms with E-state index in [4.69, 9.17) is 4.74 Å². The molecule has 0 N–H and O–H groups in total. The van der Waals surface area contributed by atoms with Crippen molar-refractivity contribution in [3.05, 3.63) is 24.3 Å². The topological polar surface area (TPSA) is 26.3 Å². The molecule has 0 amide bonds. The minimum atomic E-state index is -0.446. The number of allylic oxidation sites excluding steroid dienone is 1. The highest BCUT2D eigenvalue weighted by molar-refractivity contribution is 5.87. The van der Waals surface area contributed by atoms with Crippen LogP contribution >= 0.6 is 0 Å². The molecule has 2 nitrogen and oxygen atoms in total. The maximum atomic E-state index is 11.7. The van der Waals surface area contributed by atoms with E-state index in [9.17, 15) is 4.79 Å². The summed E-state index contributed by atoms with van der Waals surface area (Å²) in [6, 6.07) is 0. The van der Waals surface area contributed by atoms with Gasteiger partial charge >= 0.3 is 5.97 Å². The molecule has 0 aliphatic rings. The van der Waals surface area contributed by atoms with Crippen LogP contribution in [0.1, 0.15) is 66.2 Å². The lowest BCUT2D eigenvalue weighted by Gasteiger charge is -2.20. The zero-order valence-corrected chi connectivity index (χ0v) is 12.5. The van der Waals surface area contributed by atoms with Crippen molar-refractivity contribution in [2.75, 3.05) is 0 Å². The van der Waals surface area contributed by atoms with Gasteiger partial charge in [-0.2, -0.15) is 0 Å². The molecular weight excluding hydrogens is 224 g/mol. The van der Waals surface area contributed by atoms with Crippen LogP contribution in [0.5, 0.6) is 0 Å². The van der Waals surface area contributed by atoms with E-state index < -0.39 is 5.60 Å². The molecule has 0 aliphatic heterocycles. The molecule has 104 valence electrons. The lowest BCUT2D eigenvalue weighted by Crippen LogP contribution is -2.24. The van der Waals surface area contributed by atoms with Gasteiger partial charge in [0.2, 0.25) is 0 Å². The van der Waals surface area contributed by atoms with Gasteiger partial charge in [0.25, 0.3) is 0 Å². The quantitative estimate of drug-likeness (QED) is 0.268. The Morgan fingerprint density at radius 3 is 2.17 bits per heavy atom. The molecule has 0 saturated heterocycles. The van der Waals surface area contributed by atoms with Crippen LogP contribution in [0.3, 0.4) is 0 Å². The van der Waals surface area contributed by atoms with Gasteiger partial charge in [-0.25, -0.2) is 4.79 Å².